The number of ether oxygens (including phenoxy) is 1. The highest BCUT2D eigenvalue weighted by Gasteiger charge is 2.05. The third-order valence-corrected chi connectivity index (χ3v) is 2.41. The van der Waals surface area contributed by atoms with E-state index in [4.69, 9.17) is 10.00 Å². The van der Waals surface area contributed by atoms with Gasteiger partial charge in [0.2, 0.25) is 5.82 Å². The van der Waals surface area contributed by atoms with Crippen molar-refractivity contribution in [1.82, 2.24) is 20.6 Å². The van der Waals surface area contributed by atoms with Crippen molar-refractivity contribution >= 4 is 11.3 Å². The number of benzene rings is 1. The lowest BCUT2D eigenvalue weighted by molar-refractivity contribution is 0.353. The molecule has 0 amide bonds. The molecule has 0 saturated heterocycles. The molecule has 0 atom stereocenters. The molecule has 106 valence electrons. The zero-order chi connectivity index (χ0) is 15.1. The third-order valence-electron chi connectivity index (χ3n) is 2.41. The molecule has 0 aliphatic carbocycles. The lowest BCUT2D eigenvalue weighted by Crippen LogP contribution is -1.98. The zero-order valence-electron chi connectivity index (χ0n) is 11.5. The normalized spacial score (nSPS) is 10.8. The number of hydrogen-bond donors (Lipinski definition) is 2. The van der Waals surface area contributed by atoms with Gasteiger partial charge in [0.25, 0.3) is 0 Å². The Labute approximate surface area is 121 Å². The molecule has 0 saturated carbocycles. The lowest BCUT2D eigenvalue weighted by atomic mass is 10.2. The number of allylic oxidation sites excluding steroid dienone is 1. The van der Waals surface area contributed by atoms with E-state index in [1.54, 1.807) is 0 Å². The number of nitrogens with one attached hydrogen (secondary N) is 2. The molecule has 0 unspecified atom stereocenters. The third kappa shape index (κ3) is 4.18. The summed E-state index contributed by atoms with van der Waals surface area (Å²) in [7, 11) is 0. The van der Waals surface area contributed by atoms with Crippen molar-refractivity contribution in [1.29, 1.82) is 5.26 Å². The Morgan fingerprint density at radius 2 is 2.43 bits per heavy atom. The SMILES string of the molecule is C=C(C)COc1cccc(NC=C(C#N)c2nn[nH]n2)c1. The van der Waals surface area contributed by atoms with Gasteiger partial charge in [-0.25, -0.2) is 0 Å². The fourth-order valence-electron chi connectivity index (χ4n) is 1.46. The van der Waals surface area contributed by atoms with Crippen LogP contribution >= 0.6 is 0 Å². The van der Waals surface area contributed by atoms with Gasteiger partial charge in [0, 0.05) is 18.0 Å². The van der Waals surface area contributed by atoms with Gasteiger partial charge in [0.15, 0.2) is 0 Å². The fraction of sp³-hybridized carbons (Fsp3) is 0.143. The van der Waals surface area contributed by atoms with Gasteiger partial charge in [-0.1, -0.05) is 12.6 Å². The van der Waals surface area contributed by atoms with Crippen LogP contribution in [0.2, 0.25) is 0 Å². The monoisotopic (exact) mass is 282 g/mol. The van der Waals surface area contributed by atoms with Crippen molar-refractivity contribution in [2.75, 3.05) is 11.9 Å². The van der Waals surface area contributed by atoms with E-state index in [0.29, 0.717) is 6.61 Å². The topological polar surface area (TPSA) is 99.5 Å². The summed E-state index contributed by atoms with van der Waals surface area (Å²) in [6.07, 6.45) is 1.52. The molecule has 0 aliphatic rings. The molecule has 0 radical (unpaired) electrons. The molecule has 1 heterocycles. The number of nitrogens with zero attached hydrogens (tertiary/aromatic N) is 4. The Bertz CT molecular complexity index is 684. The number of anilines is 1. The fourth-order valence-corrected chi connectivity index (χ4v) is 1.46. The Hall–Kier alpha value is -3.14. The number of nitriles is 1. The average Bonchev–Trinajstić information content (AvgIpc) is 3.00. The molecule has 0 aliphatic heterocycles. The maximum Gasteiger partial charge on any atom is 0.216 e. The van der Waals surface area contributed by atoms with E-state index in [2.05, 4.69) is 32.5 Å². The lowest BCUT2D eigenvalue weighted by Gasteiger charge is -2.07. The van der Waals surface area contributed by atoms with Crippen molar-refractivity contribution in [2.45, 2.75) is 6.92 Å². The highest BCUT2D eigenvalue weighted by molar-refractivity contribution is 5.74. The van der Waals surface area contributed by atoms with Crippen LogP contribution in [0.15, 0.2) is 42.6 Å². The Balaban J connectivity index is 2.07. The summed E-state index contributed by atoms with van der Waals surface area (Å²) >= 11 is 0. The molecule has 1 aromatic heterocycles. The number of hydrogen-bond acceptors (Lipinski definition) is 6. The molecule has 7 nitrogen and oxygen atoms in total. The number of aromatic nitrogens is 4. The number of rotatable bonds is 6. The summed E-state index contributed by atoms with van der Waals surface area (Å²) in [5.41, 5.74) is 2.00. The van der Waals surface area contributed by atoms with Gasteiger partial charge in [-0.2, -0.15) is 10.5 Å². The first kappa shape index (κ1) is 14.3. The Morgan fingerprint density at radius 3 is 3.10 bits per heavy atom. The van der Waals surface area contributed by atoms with Crippen LogP contribution in [0.3, 0.4) is 0 Å². The standard InChI is InChI=1S/C14H14N6O/c1-10(2)9-21-13-5-3-4-12(6-13)16-8-11(7-15)14-17-19-20-18-14/h3-6,8,16H,1,9H2,2H3,(H,17,18,19,20). The summed E-state index contributed by atoms with van der Waals surface area (Å²) in [6, 6.07) is 9.38. The Morgan fingerprint density at radius 1 is 1.57 bits per heavy atom. The predicted octanol–water partition coefficient (Wildman–Crippen LogP) is 2.13. The molecule has 2 N–H and O–H groups in total. The first-order valence-electron chi connectivity index (χ1n) is 6.17. The summed E-state index contributed by atoms with van der Waals surface area (Å²) in [5, 5.41) is 25.3. The van der Waals surface area contributed by atoms with Crippen LogP contribution < -0.4 is 10.1 Å². The number of aromatic amines is 1. The largest absolute Gasteiger partial charge is 0.489 e. The summed E-state index contributed by atoms with van der Waals surface area (Å²) in [4.78, 5) is 0. The van der Waals surface area contributed by atoms with E-state index in [1.165, 1.54) is 6.20 Å². The van der Waals surface area contributed by atoms with Crippen molar-refractivity contribution < 1.29 is 4.74 Å². The van der Waals surface area contributed by atoms with E-state index in [0.717, 1.165) is 17.0 Å². The summed E-state index contributed by atoms with van der Waals surface area (Å²) < 4.78 is 5.55. The highest BCUT2D eigenvalue weighted by atomic mass is 16.5. The van der Waals surface area contributed by atoms with E-state index in [-0.39, 0.29) is 11.4 Å². The molecule has 7 heteroatoms. The second-order valence-electron chi connectivity index (χ2n) is 4.32. The molecule has 0 bridgehead atoms. The summed E-state index contributed by atoms with van der Waals surface area (Å²) in [5.74, 6) is 0.953. The quantitative estimate of drug-likeness (QED) is 0.622. The molecular weight excluding hydrogens is 268 g/mol. The maximum atomic E-state index is 9.06. The first-order valence-corrected chi connectivity index (χ1v) is 6.17. The molecule has 0 spiro atoms. The predicted molar refractivity (Wildman–Crippen MR) is 78.1 cm³/mol. The minimum Gasteiger partial charge on any atom is -0.489 e. The van der Waals surface area contributed by atoms with Crippen LogP contribution in [-0.4, -0.2) is 27.2 Å². The zero-order valence-corrected chi connectivity index (χ0v) is 11.5. The first-order chi connectivity index (χ1) is 10.2. The Kier molecular flexibility index (Phi) is 4.66. The average molecular weight is 282 g/mol. The van der Waals surface area contributed by atoms with Gasteiger partial charge in [0.05, 0.1) is 0 Å². The molecule has 2 aromatic rings. The van der Waals surface area contributed by atoms with Crippen LogP contribution in [0, 0.1) is 11.3 Å². The van der Waals surface area contributed by atoms with Gasteiger partial charge < -0.3 is 10.1 Å². The van der Waals surface area contributed by atoms with Gasteiger partial charge >= 0.3 is 0 Å². The van der Waals surface area contributed by atoms with Crippen molar-refractivity contribution in [2.24, 2.45) is 0 Å². The van der Waals surface area contributed by atoms with Crippen LogP contribution in [0.5, 0.6) is 5.75 Å². The maximum absolute atomic E-state index is 9.06. The molecule has 0 fully saturated rings. The number of tetrazole rings is 1. The van der Waals surface area contributed by atoms with Crippen LogP contribution in [0.25, 0.3) is 5.57 Å². The molecule has 1 aromatic carbocycles. The van der Waals surface area contributed by atoms with Crippen LogP contribution in [0.1, 0.15) is 12.7 Å². The second-order valence-corrected chi connectivity index (χ2v) is 4.32. The van der Waals surface area contributed by atoms with Gasteiger partial charge in [0.1, 0.15) is 24.0 Å². The van der Waals surface area contributed by atoms with Gasteiger partial charge in [-0.05, 0) is 29.8 Å². The number of H-pyrrole nitrogens is 1. The minimum atomic E-state index is 0.236. The van der Waals surface area contributed by atoms with Gasteiger partial charge in [-0.3, -0.25) is 0 Å². The van der Waals surface area contributed by atoms with Crippen molar-refractivity contribution in [3.63, 3.8) is 0 Å². The van der Waals surface area contributed by atoms with Crippen LogP contribution in [-0.2, 0) is 0 Å². The van der Waals surface area contributed by atoms with Crippen LogP contribution in [0.4, 0.5) is 5.69 Å². The van der Waals surface area contributed by atoms with E-state index >= 15 is 0 Å². The van der Waals surface area contributed by atoms with Crippen molar-refractivity contribution in [3.8, 4) is 11.8 Å². The highest BCUT2D eigenvalue weighted by Crippen LogP contribution is 2.18. The van der Waals surface area contributed by atoms with Gasteiger partial charge in [-0.15, -0.1) is 10.2 Å². The van der Waals surface area contributed by atoms with E-state index in [9.17, 15) is 0 Å². The van der Waals surface area contributed by atoms with E-state index in [1.807, 2.05) is 37.3 Å². The molecular formula is C14H14N6O. The second kappa shape index (κ2) is 6.86. The smallest absolute Gasteiger partial charge is 0.216 e. The molecule has 21 heavy (non-hydrogen) atoms. The molecule has 2 rings (SSSR count). The minimum absolute atomic E-state index is 0.236. The van der Waals surface area contributed by atoms with E-state index < -0.39 is 0 Å². The summed E-state index contributed by atoms with van der Waals surface area (Å²) in [6.45, 7) is 6.14. The van der Waals surface area contributed by atoms with Crippen molar-refractivity contribution in [3.05, 3.63) is 48.4 Å².